The molecule has 0 rings (SSSR count). The molecule has 0 aromatic rings. The van der Waals surface area contributed by atoms with E-state index in [-0.39, 0.29) is 42.7 Å². The fourth-order valence-corrected chi connectivity index (χ4v) is 5.81. The minimum absolute atomic E-state index is 0.0355. The number of rotatable bonds is 36. The maximum atomic E-state index is 12.6. The van der Waals surface area contributed by atoms with Gasteiger partial charge in [-0.05, 0) is 57.8 Å². The van der Waals surface area contributed by atoms with E-state index in [1.54, 1.807) is 21.1 Å². The molecule has 0 fully saturated rings. The molecule has 0 aliphatic heterocycles. The maximum absolute atomic E-state index is 12.6. The van der Waals surface area contributed by atoms with Crippen LogP contribution < -0.4 is 5.11 Å². The largest absolute Gasteiger partial charge is 0.544 e. The van der Waals surface area contributed by atoms with Gasteiger partial charge in [-0.1, -0.05) is 122 Å². The molecule has 0 amide bonds. The number of hydrogen-bond acceptors (Lipinski definition) is 7. The first-order chi connectivity index (χ1) is 24.1. The summed E-state index contributed by atoms with van der Waals surface area (Å²) in [6, 6.07) is -0.725. The highest BCUT2D eigenvalue weighted by Gasteiger charge is 2.25. The molecule has 0 saturated carbocycles. The lowest BCUT2D eigenvalue weighted by Crippen LogP contribution is -2.55. The number of hydrogen-bond donors (Lipinski definition) is 0. The third-order valence-corrected chi connectivity index (χ3v) is 9.06. The van der Waals surface area contributed by atoms with Gasteiger partial charge in [-0.3, -0.25) is 9.59 Å². The van der Waals surface area contributed by atoms with Crippen LogP contribution in [0.2, 0.25) is 0 Å². The Balaban J connectivity index is 4.36. The fourth-order valence-electron chi connectivity index (χ4n) is 5.81. The normalized spacial score (nSPS) is 13.2. The smallest absolute Gasteiger partial charge is 0.306 e. The van der Waals surface area contributed by atoms with E-state index in [9.17, 15) is 19.5 Å². The molecule has 0 spiro atoms. The standard InChI is InChI=1S/C42H77NO7/c1-6-8-10-12-14-16-18-19-20-21-22-23-25-26-28-30-32-40(44)49-37-38(36-48-35-34-39(42(46)47)43(3,4)5)50-41(45)33-31-29-27-24-17-15-13-11-9-7-2/h13,15,20-21,38-39H,6-12,14,16-19,22-37H2,1-5H3/b15-13+,21-20+. The van der Waals surface area contributed by atoms with Crippen molar-refractivity contribution in [3.05, 3.63) is 24.3 Å². The lowest BCUT2D eigenvalue weighted by Gasteiger charge is -2.34. The number of carboxylic acids is 1. The van der Waals surface area contributed by atoms with Gasteiger partial charge in [0, 0.05) is 19.3 Å². The molecule has 0 N–H and O–H groups in total. The number of aliphatic carboxylic acids is 1. The van der Waals surface area contributed by atoms with E-state index in [0.717, 1.165) is 70.6 Å². The zero-order chi connectivity index (χ0) is 37.1. The Labute approximate surface area is 307 Å². The third kappa shape index (κ3) is 31.8. The molecule has 0 heterocycles. The van der Waals surface area contributed by atoms with Crippen LogP contribution in [-0.2, 0) is 28.6 Å². The lowest BCUT2D eigenvalue weighted by atomic mass is 10.1. The molecule has 0 aromatic carbocycles. The van der Waals surface area contributed by atoms with E-state index >= 15 is 0 Å². The number of carboxylic acid groups (broad SMARTS) is 1. The second-order valence-electron chi connectivity index (χ2n) is 14.9. The van der Waals surface area contributed by atoms with Gasteiger partial charge < -0.3 is 28.6 Å². The number of likely N-dealkylation sites (N-methyl/N-ethyl adjacent to an activating group) is 1. The Morgan fingerprint density at radius 3 is 1.50 bits per heavy atom. The fraction of sp³-hybridized carbons (Fsp3) is 0.833. The highest BCUT2D eigenvalue weighted by molar-refractivity contribution is 5.70. The first-order valence-corrected chi connectivity index (χ1v) is 20.4. The van der Waals surface area contributed by atoms with Crippen molar-refractivity contribution in [1.82, 2.24) is 0 Å². The molecule has 0 aromatic heterocycles. The summed E-state index contributed by atoms with van der Waals surface area (Å²) >= 11 is 0. The summed E-state index contributed by atoms with van der Waals surface area (Å²) in [5.74, 6) is -1.76. The predicted octanol–water partition coefficient (Wildman–Crippen LogP) is 9.19. The van der Waals surface area contributed by atoms with Gasteiger partial charge in [0.2, 0.25) is 0 Å². The Bertz CT molecular complexity index is 880. The average molecular weight is 708 g/mol. The molecule has 292 valence electrons. The molecular weight excluding hydrogens is 630 g/mol. The van der Waals surface area contributed by atoms with Crippen molar-refractivity contribution in [2.24, 2.45) is 0 Å². The van der Waals surface area contributed by atoms with E-state index in [1.165, 1.54) is 70.6 Å². The number of quaternary nitrogens is 1. The van der Waals surface area contributed by atoms with Gasteiger partial charge in [-0.2, -0.15) is 0 Å². The first-order valence-electron chi connectivity index (χ1n) is 20.4. The Kier molecular flexibility index (Phi) is 32.4. The lowest BCUT2D eigenvalue weighted by molar-refractivity contribution is -0.889. The van der Waals surface area contributed by atoms with Gasteiger partial charge in [0.05, 0.1) is 40.3 Å². The van der Waals surface area contributed by atoms with Crippen LogP contribution in [0.5, 0.6) is 0 Å². The quantitative estimate of drug-likeness (QED) is 0.0277. The molecule has 2 atom stereocenters. The van der Waals surface area contributed by atoms with Crippen molar-refractivity contribution in [3.63, 3.8) is 0 Å². The Morgan fingerprint density at radius 1 is 0.580 bits per heavy atom. The van der Waals surface area contributed by atoms with Gasteiger partial charge >= 0.3 is 11.9 Å². The van der Waals surface area contributed by atoms with Crippen molar-refractivity contribution >= 4 is 17.9 Å². The van der Waals surface area contributed by atoms with E-state index in [0.29, 0.717) is 12.8 Å². The molecule has 8 heteroatoms. The van der Waals surface area contributed by atoms with Crippen LogP contribution in [0.3, 0.4) is 0 Å². The van der Waals surface area contributed by atoms with Gasteiger partial charge in [-0.15, -0.1) is 0 Å². The van der Waals surface area contributed by atoms with Crippen LogP contribution in [0, 0.1) is 0 Å². The monoisotopic (exact) mass is 708 g/mol. The summed E-state index contributed by atoms with van der Waals surface area (Å²) in [6.07, 6.45) is 34.9. The van der Waals surface area contributed by atoms with E-state index in [2.05, 4.69) is 38.2 Å². The Morgan fingerprint density at radius 2 is 1.02 bits per heavy atom. The number of ether oxygens (including phenoxy) is 3. The summed E-state index contributed by atoms with van der Waals surface area (Å²) in [6.45, 7) is 4.59. The van der Waals surface area contributed by atoms with Crippen LogP contribution in [0.1, 0.15) is 174 Å². The number of nitrogens with zero attached hydrogens (tertiary/aromatic N) is 1. The van der Waals surface area contributed by atoms with Gasteiger partial charge in [0.15, 0.2) is 6.10 Å². The molecule has 2 unspecified atom stereocenters. The number of carbonyl (C=O) groups excluding carboxylic acids is 3. The molecule has 0 bridgehead atoms. The number of allylic oxidation sites excluding steroid dienone is 4. The highest BCUT2D eigenvalue weighted by atomic mass is 16.6. The Hall–Kier alpha value is -2.19. The van der Waals surface area contributed by atoms with Crippen molar-refractivity contribution in [2.75, 3.05) is 41.0 Å². The molecule has 0 radical (unpaired) electrons. The van der Waals surface area contributed by atoms with Gasteiger partial charge in [-0.25, -0.2) is 0 Å². The number of unbranched alkanes of at least 4 members (excludes halogenated alkanes) is 18. The molecule has 8 nitrogen and oxygen atoms in total. The van der Waals surface area contributed by atoms with E-state index in [1.807, 2.05) is 0 Å². The molecular formula is C42H77NO7. The summed E-state index contributed by atoms with van der Waals surface area (Å²) in [4.78, 5) is 36.7. The molecule has 0 aliphatic carbocycles. The number of carbonyl (C=O) groups is 3. The first kappa shape index (κ1) is 47.8. The highest BCUT2D eigenvalue weighted by Crippen LogP contribution is 2.13. The molecule has 0 aliphatic rings. The third-order valence-electron chi connectivity index (χ3n) is 9.06. The average Bonchev–Trinajstić information content (AvgIpc) is 3.06. The summed E-state index contributed by atoms with van der Waals surface area (Å²) < 4.78 is 17.1. The number of esters is 2. The SMILES string of the molecule is CCCC/C=C/CCCCCCC(=O)OC(COCCC(C(=O)[O-])[N+](C)(C)C)COC(=O)CCCCCCC/C=C/CCCCCCCCC. The second-order valence-corrected chi connectivity index (χ2v) is 14.9. The zero-order valence-corrected chi connectivity index (χ0v) is 33.1. The maximum Gasteiger partial charge on any atom is 0.306 e. The van der Waals surface area contributed by atoms with Crippen molar-refractivity contribution in [2.45, 2.75) is 187 Å². The summed E-state index contributed by atoms with van der Waals surface area (Å²) in [7, 11) is 5.39. The van der Waals surface area contributed by atoms with Gasteiger partial charge in [0.1, 0.15) is 12.6 Å². The van der Waals surface area contributed by atoms with Crippen molar-refractivity contribution < 1.29 is 38.2 Å². The molecule has 0 saturated heterocycles. The van der Waals surface area contributed by atoms with Crippen LogP contribution in [0.25, 0.3) is 0 Å². The van der Waals surface area contributed by atoms with Crippen molar-refractivity contribution in [3.8, 4) is 0 Å². The summed E-state index contributed by atoms with van der Waals surface area (Å²) in [5.41, 5.74) is 0. The minimum atomic E-state index is -1.13. The van der Waals surface area contributed by atoms with Crippen molar-refractivity contribution in [1.29, 1.82) is 0 Å². The van der Waals surface area contributed by atoms with Crippen LogP contribution in [-0.4, -0.2) is 75.5 Å². The van der Waals surface area contributed by atoms with Gasteiger partial charge in [0.25, 0.3) is 0 Å². The van der Waals surface area contributed by atoms with Crippen LogP contribution in [0.15, 0.2) is 24.3 Å². The molecule has 50 heavy (non-hydrogen) atoms. The topological polar surface area (TPSA) is 102 Å². The van der Waals surface area contributed by atoms with Crippen LogP contribution in [0.4, 0.5) is 0 Å². The van der Waals surface area contributed by atoms with E-state index in [4.69, 9.17) is 14.2 Å². The zero-order valence-electron chi connectivity index (χ0n) is 33.1. The predicted molar refractivity (Wildman–Crippen MR) is 204 cm³/mol. The minimum Gasteiger partial charge on any atom is -0.544 e. The van der Waals surface area contributed by atoms with E-state index < -0.39 is 18.1 Å². The summed E-state index contributed by atoms with van der Waals surface area (Å²) in [5, 5.41) is 11.6. The van der Waals surface area contributed by atoms with Crippen LogP contribution >= 0.6 is 0 Å². The second kappa shape index (κ2) is 33.9.